The van der Waals surface area contributed by atoms with Crippen molar-refractivity contribution in [3.8, 4) is 0 Å². The van der Waals surface area contributed by atoms with Gasteiger partial charge in [0.1, 0.15) is 140 Å². The summed E-state index contributed by atoms with van der Waals surface area (Å²) in [4.78, 5) is 51.8. The molecular formula is C81H145N3O36. The molecular weight excluding hydrogens is 1590 g/mol. The second-order valence-corrected chi connectivity index (χ2v) is 32.8. The first-order chi connectivity index (χ1) is 57.5. The highest BCUT2D eigenvalue weighted by atomic mass is 16.8. The van der Waals surface area contributed by atoms with E-state index in [1.807, 2.05) is 6.08 Å². The Bertz CT molecular complexity index is 2870. The number of hydrogen-bond acceptors (Lipinski definition) is 35. The van der Waals surface area contributed by atoms with Crippen LogP contribution < -0.4 is 16.0 Å². The summed E-state index contributed by atoms with van der Waals surface area (Å²) >= 11 is 0. The topological polar surface area (TPSA) is 620 Å². The molecule has 6 aliphatic heterocycles. The summed E-state index contributed by atoms with van der Waals surface area (Å²) in [6.07, 6.45) is -23.6. The third-order valence-corrected chi connectivity index (χ3v) is 23.2. The third kappa shape index (κ3) is 31.4. The lowest BCUT2D eigenvalue weighted by molar-refractivity contribution is -0.394. The van der Waals surface area contributed by atoms with Crippen LogP contribution >= 0.6 is 0 Å². The van der Waals surface area contributed by atoms with E-state index in [4.69, 9.17) is 56.8 Å². The van der Waals surface area contributed by atoms with Crippen LogP contribution in [0.3, 0.4) is 0 Å². The van der Waals surface area contributed by atoms with Gasteiger partial charge in [0.25, 0.3) is 5.79 Å². The minimum atomic E-state index is -3.22. The lowest BCUT2D eigenvalue weighted by Gasteiger charge is -2.51. The Morgan fingerprint density at radius 3 is 1.23 bits per heavy atom. The highest BCUT2D eigenvalue weighted by Crippen LogP contribution is 2.41. The highest BCUT2D eigenvalue weighted by molar-refractivity contribution is 5.77. The van der Waals surface area contributed by atoms with Crippen molar-refractivity contribution in [2.45, 2.75) is 429 Å². The van der Waals surface area contributed by atoms with E-state index in [1.165, 1.54) is 122 Å². The van der Waals surface area contributed by atoms with Crippen LogP contribution in [-0.4, -0.2) is 374 Å². The summed E-state index contributed by atoms with van der Waals surface area (Å²) in [7, 11) is 0. The summed E-state index contributed by atoms with van der Waals surface area (Å²) in [6.45, 7) is -0.650. The van der Waals surface area contributed by atoms with Gasteiger partial charge in [-0.15, -0.1) is 0 Å². The number of nitrogens with one attached hydrogen (secondary N) is 3. The van der Waals surface area contributed by atoms with E-state index in [-0.39, 0.29) is 12.3 Å². The van der Waals surface area contributed by atoms with Gasteiger partial charge >= 0.3 is 5.97 Å². The molecule has 0 bridgehead atoms. The molecule has 6 aliphatic rings. The molecule has 0 radical (unpaired) electrons. The zero-order chi connectivity index (χ0) is 88.2. The van der Waals surface area contributed by atoms with E-state index < -0.39 is 272 Å². The molecule has 39 heteroatoms. The number of aliphatic hydroxyl groups is 19. The van der Waals surface area contributed by atoms with Crippen LogP contribution in [0.25, 0.3) is 0 Å². The summed E-state index contributed by atoms with van der Waals surface area (Å²) in [5, 5.41) is 231. The lowest BCUT2D eigenvalue weighted by atomic mass is 9.88. The van der Waals surface area contributed by atoms with Crippen LogP contribution in [0.4, 0.5) is 0 Å². The minimum absolute atomic E-state index is 0.162. The molecule has 0 spiro atoms. The van der Waals surface area contributed by atoms with Gasteiger partial charge in [-0.1, -0.05) is 193 Å². The number of rotatable bonds is 57. The smallest absolute Gasteiger partial charge is 0.364 e. The molecule has 3 amide bonds. The predicted octanol–water partition coefficient (Wildman–Crippen LogP) is -2.44. The number of hydrogen-bond donors (Lipinski definition) is 23. The molecule has 0 saturated carbocycles. The zero-order valence-corrected chi connectivity index (χ0v) is 70.0. The second-order valence-electron chi connectivity index (χ2n) is 32.8. The number of carbonyl (C=O) groups is 4. The van der Waals surface area contributed by atoms with Gasteiger partial charge in [-0.3, -0.25) is 14.4 Å². The number of carboxylic acids is 1. The Kier molecular flexibility index (Phi) is 48.4. The summed E-state index contributed by atoms with van der Waals surface area (Å²) in [5.41, 5.74) is 0. The fraction of sp³-hybridized carbons (Fsp3) is 0.926. The molecule has 6 rings (SSSR count). The van der Waals surface area contributed by atoms with Crippen molar-refractivity contribution in [2.24, 2.45) is 0 Å². The molecule has 23 N–H and O–H groups in total. The van der Waals surface area contributed by atoms with Crippen LogP contribution in [0.2, 0.25) is 0 Å². The zero-order valence-electron chi connectivity index (χ0n) is 70.0. The molecule has 39 nitrogen and oxygen atoms in total. The van der Waals surface area contributed by atoms with Crippen LogP contribution in [0.15, 0.2) is 12.2 Å². The third-order valence-electron chi connectivity index (χ3n) is 23.2. The Balaban J connectivity index is 1.10. The number of ether oxygens (including phenoxy) is 12. The number of allylic oxidation sites excluding steroid dienone is 1. The number of carbonyl (C=O) groups excluding carboxylic acids is 3. The fourth-order valence-corrected chi connectivity index (χ4v) is 16.2. The maximum Gasteiger partial charge on any atom is 0.364 e. The maximum atomic E-state index is 13.6. The lowest BCUT2D eigenvalue weighted by Crippen LogP contribution is -2.71. The van der Waals surface area contributed by atoms with E-state index in [9.17, 15) is 121 Å². The molecule has 700 valence electrons. The maximum absolute atomic E-state index is 13.6. The van der Waals surface area contributed by atoms with Crippen molar-refractivity contribution in [3.63, 3.8) is 0 Å². The first kappa shape index (κ1) is 105. The first-order valence-electron chi connectivity index (χ1n) is 43.6. The molecule has 6 fully saturated rings. The highest BCUT2D eigenvalue weighted by Gasteiger charge is 2.62. The number of carboxylic acid groups (broad SMARTS) is 1. The van der Waals surface area contributed by atoms with E-state index in [1.54, 1.807) is 6.08 Å². The Labute approximate surface area is 702 Å². The van der Waals surface area contributed by atoms with Crippen LogP contribution in [0.1, 0.15) is 227 Å². The number of aliphatic hydroxyl groups excluding tert-OH is 19. The Hall–Kier alpha value is -3.62. The van der Waals surface area contributed by atoms with Crippen molar-refractivity contribution in [2.75, 3.05) is 46.2 Å². The number of amides is 3. The van der Waals surface area contributed by atoms with Crippen molar-refractivity contribution in [3.05, 3.63) is 12.2 Å². The van der Waals surface area contributed by atoms with E-state index in [0.29, 0.717) is 12.8 Å². The molecule has 0 aliphatic carbocycles. The minimum Gasteiger partial charge on any atom is -0.477 e. The van der Waals surface area contributed by atoms with E-state index in [2.05, 4.69) is 29.8 Å². The fourth-order valence-electron chi connectivity index (χ4n) is 16.2. The standard InChI is InChI=1S/C81H145N3O36/c1-5-7-9-11-13-15-17-19-20-21-22-24-26-28-30-32-34-36-56(96)84-47(48(93)35-33-31-29-27-25-23-18-16-14-12-10-8-6-2)44-109-76-65(103)64(102)70(55(43-90)114-76)116-77-67(105)73(61(99)52(40-87)110-77)118-78-66(104)72(60(98)51(39-86)111-78)117-75-58(83-46(4)92)63(101)69(54(42-89)113-75)115-79-68(106)74(62(100)53(41-88)112-79)120-81(80(107)108)37-49(94)57(82-45(3)91)71(119-81)59(97)50(95)38-85/h33,35,47-55,57-79,85-90,93-95,97-106H,5-32,34,36-44H2,1-4H3,(H,82,91)(H,83,92)(H,84,96)(H,107,108)/b35-33+/t47-,48+,49?,50+,51?,52?,53?,54?,55?,57+,58?,59+,60-,61-,62-,63+,64+,65?,66?,67?,68?,69+,70+,71?,72-,73-,74-,75-,76+,77-,78+,79-,81-/m0/s1. The normalized spacial score (nSPS) is 36.0. The predicted molar refractivity (Wildman–Crippen MR) is 420 cm³/mol. The Morgan fingerprint density at radius 1 is 0.433 bits per heavy atom. The van der Waals surface area contributed by atoms with Crippen LogP contribution in [0, 0.1) is 0 Å². The quantitative estimate of drug-likeness (QED) is 0.0222. The van der Waals surface area contributed by atoms with Gasteiger partial charge in [0.15, 0.2) is 31.5 Å². The molecule has 0 aromatic rings. The molecule has 6 saturated heterocycles. The van der Waals surface area contributed by atoms with Gasteiger partial charge in [0, 0.05) is 26.7 Å². The second kappa shape index (κ2) is 55.2. The average Bonchev–Trinajstić information content (AvgIpc) is 0.742. The van der Waals surface area contributed by atoms with Gasteiger partial charge in [-0.2, -0.15) is 0 Å². The molecule has 33 atom stereocenters. The molecule has 0 aromatic carbocycles. The van der Waals surface area contributed by atoms with Crippen molar-refractivity contribution in [1.82, 2.24) is 16.0 Å². The van der Waals surface area contributed by atoms with Crippen molar-refractivity contribution < 1.29 is 178 Å². The van der Waals surface area contributed by atoms with Crippen molar-refractivity contribution >= 4 is 23.7 Å². The van der Waals surface area contributed by atoms with Gasteiger partial charge in [-0.05, 0) is 19.3 Å². The van der Waals surface area contributed by atoms with Crippen LogP contribution in [0.5, 0.6) is 0 Å². The number of aliphatic carboxylic acids is 1. The number of unbranched alkanes of at least 4 members (excludes halogenated alkanes) is 27. The SMILES string of the molecule is CCCCCCCCCCCCC/C=C/[C@@H](O)[C@H](CO[C@@H]1OC(CO)[C@@H](O[C@@H]2OC(CO)[C@H](O)[C@H](O[C@H]3OC(CO)[C@H](O)[C@H](O[C@@H]4OC(CO)[C@@H](O[C@@H]5OC(CO)[C@H](O)[C@H](O[C@]6(C(=O)O)CC(O)[C@@H](NC(C)=O)C([C@H](O)[C@H](O)CO)O6)C5O)[C@H](O)C4NC(C)=O)C3O)C2O)[C@H](O)C1O)NC(=O)CCCCCCCCCCCCCCCCCCC. The summed E-state index contributed by atoms with van der Waals surface area (Å²) in [6, 6.07) is -4.71. The average molecular weight is 1740 g/mol. The van der Waals surface area contributed by atoms with Gasteiger partial charge < -0.3 is 175 Å². The first-order valence-corrected chi connectivity index (χ1v) is 43.6. The molecule has 120 heavy (non-hydrogen) atoms. The van der Waals surface area contributed by atoms with E-state index >= 15 is 0 Å². The van der Waals surface area contributed by atoms with Gasteiger partial charge in [0.2, 0.25) is 17.7 Å². The largest absolute Gasteiger partial charge is 0.477 e. The summed E-state index contributed by atoms with van der Waals surface area (Å²) in [5.74, 6) is -7.44. The monoisotopic (exact) mass is 1740 g/mol. The molecule has 12 unspecified atom stereocenters. The van der Waals surface area contributed by atoms with Crippen molar-refractivity contribution in [1.29, 1.82) is 0 Å². The van der Waals surface area contributed by atoms with Gasteiger partial charge in [-0.25, -0.2) is 4.79 Å². The van der Waals surface area contributed by atoms with Gasteiger partial charge in [0.05, 0.1) is 70.5 Å². The van der Waals surface area contributed by atoms with E-state index in [0.717, 1.165) is 65.2 Å². The molecule has 0 aromatic heterocycles. The van der Waals surface area contributed by atoms with Crippen LogP contribution in [-0.2, 0) is 76.0 Å². The summed E-state index contributed by atoms with van der Waals surface area (Å²) < 4.78 is 70.5. The molecule has 6 heterocycles. The Morgan fingerprint density at radius 2 is 0.808 bits per heavy atom.